The molecule has 5 heteroatoms. The van der Waals surface area contributed by atoms with E-state index >= 15 is 0 Å². The van der Waals surface area contributed by atoms with E-state index in [0.717, 1.165) is 17.6 Å². The molecule has 110 valence electrons. The van der Waals surface area contributed by atoms with Gasteiger partial charge in [-0.2, -0.15) is 0 Å². The second-order valence-electron chi connectivity index (χ2n) is 5.31. The van der Waals surface area contributed by atoms with Crippen LogP contribution in [0.25, 0.3) is 0 Å². The van der Waals surface area contributed by atoms with Crippen LogP contribution in [0, 0.1) is 0 Å². The molecule has 1 heterocycles. The number of carbonyl (C=O) groups excluding carboxylic acids is 3. The van der Waals surface area contributed by atoms with Gasteiger partial charge in [0, 0.05) is 12.0 Å². The van der Waals surface area contributed by atoms with Crippen molar-refractivity contribution in [3.05, 3.63) is 47.5 Å². The molecule has 1 aromatic carbocycles. The minimum Gasteiger partial charge on any atom is -0.340 e. The van der Waals surface area contributed by atoms with Gasteiger partial charge in [0.15, 0.2) is 0 Å². The Bertz CT molecular complexity index is 590. The van der Waals surface area contributed by atoms with E-state index in [2.05, 4.69) is 17.2 Å². The van der Waals surface area contributed by atoms with Crippen LogP contribution < -0.4 is 10.6 Å². The summed E-state index contributed by atoms with van der Waals surface area (Å²) in [6, 6.07) is 6.53. The average molecular weight is 286 g/mol. The first-order valence-electron chi connectivity index (χ1n) is 6.83. The lowest BCUT2D eigenvalue weighted by Gasteiger charge is -2.21. The highest BCUT2D eigenvalue weighted by atomic mass is 16.2. The van der Waals surface area contributed by atoms with Crippen molar-refractivity contribution in [1.29, 1.82) is 0 Å². The second-order valence-corrected chi connectivity index (χ2v) is 5.31. The summed E-state index contributed by atoms with van der Waals surface area (Å²) in [6.45, 7) is 5.80. The Morgan fingerprint density at radius 3 is 2.57 bits per heavy atom. The largest absolute Gasteiger partial charge is 0.340 e. The Balaban J connectivity index is 1.98. The molecule has 1 atom stereocenters. The zero-order valence-electron chi connectivity index (χ0n) is 11.9. The van der Waals surface area contributed by atoms with E-state index in [1.54, 1.807) is 12.1 Å². The number of amides is 3. The van der Waals surface area contributed by atoms with E-state index in [4.69, 9.17) is 0 Å². The third-order valence-electron chi connectivity index (χ3n) is 3.27. The maximum Gasteiger partial charge on any atom is 0.251 e. The fourth-order valence-electron chi connectivity index (χ4n) is 2.20. The Hall–Kier alpha value is -2.43. The van der Waals surface area contributed by atoms with Crippen molar-refractivity contribution >= 4 is 17.7 Å². The minimum absolute atomic E-state index is 0.244. The quantitative estimate of drug-likeness (QED) is 0.648. The fraction of sp³-hybridized carbons (Fsp3) is 0.312. The third-order valence-corrected chi connectivity index (χ3v) is 3.27. The molecule has 3 amide bonds. The van der Waals surface area contributed by atoms with Crippen LogP contribution in [0.2, 0.25) is 0 Å². The van der Waals surface area contributed by atoms with E-state index in [-0.39, 0.29) is 18.2 Å². The van der Waals surface area contributed by atoms with Crippen LogP contribution in [0.5, 0.6) is 0 Å². The van der Waals surface area contributed by atoms with Crippen LogP contribution in [0.4, 0.5) is 0 Å². The molecule has 1 unspecified atom stereocenters. The van der Waals surface area contributed by atoms with Crippen molar-refractivity contribution in [3.8, 4) is 0 Å². The van der Waals surface area contributed by atoms with Crippen LogP contribution in [-0.4, -0.2) is 23.8 Å². The SMILES string of the molecule is C=C(C)Cc1ccc(C(=O)NC2CCC(=O)NC2=O)cc1. The van der Waals surface area contributed by atoms with Gasteiger partial charge in [0.25, 0.3) is 5.91 Å². The van der Waals surface area contributed by atoms with Crippen LogP contribution in [0.15, 0.2) is 36.4 Å². The minimum atomic E-state index is -0.648. The smallest absolute Gasteiger partial charge is 0.251 e. The molecule has 0 radical (unpaired) electrons. The number of hydrogen-bond acceptors (Lipinski definition) is 3. The molecule has 0 bridgehead atoms. The van der Waals surface area contributed by atoms with Gasteiger partial charge < -0.3 is 5.32 Å². The maximum absolute atomic E-state index is 12.1. The van der Waals surface area contributed by atoms with Gasteiger partial charge in [-0.15, -0.1) is 0 Å². The number of imide groups is 1. The van der Waals surface area contributed by atoms with Crippen molar-refractivity contribution in [2.45, 2.75) is 32.2 Å². The van der Waals surface area contributed by atoms with Gasteiger partial charge in [0.1, 0.15) is 6.04 Å². The molecule has 21 heavy (non-hydrogen) atoms. The van der Waals surface area contributed by atoms with Crippen molar-refractivity contribution in [2.24, 2.45) is 0 Å². The molecule has 1 aliphatic heterocycles. The first kappa shape index (κ1) is 15.0. The Morgan fingerprint density at radius 2 is 2.00 bits per heavy atom. The summed E-state index contributed by atoms with van der Waals surface area (Å²) in [5.41, 5.74) is 2.63. The molecule has 1 aliphatic rings. The Morgan fingerprint density at radius 1 is 1.33 bits per heavy atom. The third kappa shape index (κ3) is 4.02. The summed E-state index contributed by atoms with van der Waals surface area (Å²) >= 11 is 0. The summed E-state index contributed by atoms with van der Waals surface area (Å²) in [6.07, 6.45) is 1.35. The van der Waals surface area contributed by atoms with Crippen molar-refractivity contribution in [3.63, 3.8) is 0 Å². The van der Waals surface area contributed by atoms with Crippen LogP contribution in [-0.2, 0) is 16.0 Å². The number of rotatable bonds is 4. The molecule has 1 saturated heterocycles. The molecule has 0 saturated carbocycles. The van der Waals surface area contributed by atoms with Gasteiger partial charge in [-0.1, -0.05) is 24.3 Å². The van der Waals surface area contributed by atoms with Gasteiger partial charge in [-0.05, 0) is 37.5 Å². The highest BCUT2D eigenvalue weighted by molar-refractivity contribution is 6.03. The van der Waals surface area contributed by atoms with Crippen molar-refractivity contribution in [1.82, 2.24) is 10.6 Å². The van der Waals surface area contributed by atoms with E-state index in [0.29, 0.717) is 12.0 Å². The first-order chi connectivity index (χ1) is 9.95. The summed E-state index contributed by atoms with van der Waals surface area (Å²) in [7, 11) is 0. The predicted octanol–water partition coefficient (Wildman–Crippen LogP) is 1.34. The van der Waals surface area contributed by atoms with Crippen LogP contribution in [0.3, 0.4) is 0 Å². The second kappa shape index (κ2) is 6.35. The van der Waals surface area contributed by atoms with Gasteiger partial charge in [0.05, 0.1) is 0 Å². The lowest BCUT2D eigenvalue weighted by molar-refractivity contribution is -0.134. The van der Waals surface area contributed by atoms with E-state index in [1.807, 2.05) is 19.1 Å². The summed E-state index contributed by atoms with van der Waals surface area (Å²) in [5, 5.41) is 4.86. The fourth-order valence-corrected chi connectivity index (χ4v) is 2.20. The molecule has 2 rings (SSSR count). The lowest BCUT2D eigenvalue weighted by Crippen LogP contribution is -2.52. The van der Waals surface area contributed by atoms with E-state index in [9.17, 15) is 14.4 Å². The summed E-state index contributed by atoms with van der Waals surface area (Å²) < 4.78 is 0. The monoisotopic (exact) mass is 286 g/mol. The van der Waals surface area contributed by atoms with Crippen molar-refractivity contribution in [2.75, 3.05) is 0 Å². The normalized spacial score (nSPS) is 18.0. The lowest BCUT2D eigenvalue weighted by atomic mass is 10.0. The van der Waals surface area contributed by atoms with Crippen LogP contribution >= 0.6 is 0 Å². The predicted molar refractivity (Wildman–Crippen MR) is 78.6 cm³/mol. The average Bonchev–Trinajstić information content (AvgIpc) is 2.42. The zero-order valence-corrected chi connectivity index (χ0v) is 11.9. The molecule has 0 spiro atoms. The number of hydrogen-bond donors (Lipinski definition) is 2. The highest BCUT2D eigenvalue weighted by Gasteiger charge is 2.27. The van der Waals surface area contributed by atoms with E-state index < -0.39 is 11.9 Å². The summed E-state index contributed by atoms with van der Waals surface area (Å²) in [4.78, 5) is 34.7. The number of allylic oxidation sites excluding steroid dienone is 1. The molecule has 2 N–H and O–H groups in total. The van der Waals surface area contributed by atoms with Gasteiger partial charge in [-0.25, -0.2) is 0 Å². The number of nitrogens with one attached hydrogen (secondary N) is 2. The van der Waals surface area contributed by atoms with Gasteiger partial charge in [0.2, 0.25) is 11.8 Å². The first-order valence-corrected chi connectivity index (χ1v) is 6.83. The standard InChI is InChI=1S/C16H18N2O3/c1-10(2)9-11-3-5-12(6-4-11)15(20)17-13-7-8-14(19)18-16(13)21/h3-6,13H,1,7-9H2,2H3,(H,17,20)(H,18,19,21). The molecule has 1 fully saturated rings. The van der Waals surface area contributed by atoms with Crippen LogP contribution in [0.1, 0.15) is 35.7 Å². The molecule has 0 aliphatic carbocycles. The van der Waals surface area contributed by atoms with E-state index in [1.165, 1.54) is 0 Å². The van der Waals surface area contributed by atoms with Gasteiger partial charge in [-0.3, -0.25) is 19.7 Å². The molecule has 1 aromatic rings. The number of piperidine rings is 1. The number of carbonyl (C=O) groups is 3. The van der Waals surface area contributed by atoms with Gasteiger partial charge >= 0.3 is 0 Å². The molecular formula is C16H18N2O3. The Kier molecular flexibility index (Phi) is 4.52. The number of benzene rings is 1. The highest BCUT2D eigenvalue weighted by Crippen LogP contribution is 2.10. The van der Waals surface area contributed by atoms with Crippen molar-refractivity contribution < 1.29 is 14.4 Å². The summed E-state index contributed by atoms with van der Waals surface area (Å²) in [5.74, 6) is -1.06. The Labute approximate surface area is 123 Å². The molecule has 0 aromatic heterocycles. The topological polar surface area (TPSA) is 75.3 Å². The molecular weight excluding hydrogens is 268 g/mol. The molecule has 5 nitrogen and oxygen atoms in total. The maximum atomic E-state index is 12.1. The zero-order chi connectivity index (χ0) is 15.4.